The molecule has 0 saturated carbocycles. The van der Waals surface area contributed by atoms with Crippen molar-refractivity contribution < 1.29 is 4.79 Å². The molecule has 0 aliphatic rings. The zero-order valence-corrected chi connectivity index (χ0v) is 14.3. The maximum Gasteiger partial charge on any atom is 0.267 e. The Balaban J connectivity index is 2.04. The van der Waals surface area contributed by atoms with Crippen LogP contribution in [0.1, 0.15) is 25.3 Å². The molecule has 2 N–H and O–H groups in total. The lowest BCUT2D eigenvalue weighted by atomic mass is 10.0. The van der Waals surface area contributed by atoms with E-state index in [1.165, 1.54) is 11.8 Å². The molecule has 0 atom stereocenters. The van der Waals surface area contributed by atoms with Crippen LogP contribution in [0.3, 0.4) is 0 Å². The highest BCUT2D eigenvalue weighted by molar-refractivity contribution is 6.30. The molecular weight excluding hydrogens is 322 g/mol. The zero-order chi connectivity index (χ0) is 17.5. The normalized spacial score (nSPS) is 11.0. The number of anilines is 2. The van der Waals surface area contributed by atoms with Crippen LogP contribution in [0.25, 0.3) is 0 Å². The molecule has 0 unspecified atom stereocenters. The van der Waals surface area contributed by atoms with Gasteiger partial charge >= 0.3 is 0 Å². The Morgan fingerprint density at radius 3 is 2.21 bits per heavy atom. The summed E-state index contributed by atoms with van der Waals surface area (Å²) in [7, 11) is 0. The van der Waals surface area contributed by atoms with E-state index in [0.717, 1.165) is 5.69 Å². The third-order valence-corrected chi connectivity index (χ3v) is 3.68. The maximum atomic E-state index is 12.2. The number of nitriles is 1. The van der Waals surface area contributed by atoms with Crippen molar-refractivity contribution in [3.63, 3.8) is 0 Å². The van der Waals surface area contributed by atoms with Gasteiger partial charge in [0.1, 0.15) is 11.6 Å². The average Bonchev–Trinajstić information content (AvgIpc) is 2.57. The van der Waals surface area contributed by atoms with Gasteiger partial charge in [-0.05, 0) is 47.9 Å². The van der Waals surface area contributed by atoms with Gasteiger partial charge in [0.2, 0.25) is 0 Å². The maximum absolute atomic E-state index is 12.2. The summed E-state index contributed by atoms with van der Waals surface area (Å²) >= 11 is 5.81. The topological polar surface area (TPSA) is 64.9 Å². The first-order chi connectivity index (χ1) is 11.5. The largest absolute Gasteiger partial charge is 0.360 e. The minimum Gasteiger partial charge on any atom is -0.360 e. The molecule has 5 heteroatoms. The number of halogens is 1. The molecule has 0 heterocycles. The summed E-state index contributed by atoms with van der Waals surface area (Å²) in [6, 6.07) is 16.4. The van der Waals surface area contributed by atoms with E-state index in [-0.39, 0.29) is 5.57 Å². The Kier molecular flexibility index (Phi) is 6.00. The van der Waals surface area contributed by atoms with Gasteiger partial charge in [-0.3, -0.25) is 4.79 Å². The quantitative estimate of drug-likeness (QED) is 0.600. The third-order valence-electron chi connectivity index (χ3n) is 3.43. The predicted octanol–water partition coefficient (Wildman–Crippen LogP) is 4.92. The van der Waals surface area contributed by atoms with E-state index >= 15 is 0 Å². The molecular formula is C19H18ClN3O. The van der Waals surface area contributed by atoms with Gasteiger partial charge in [0.05, 0.1) is 0 Å². The molecule has 2 rings (SSSR count). The van der Waals surface area contributed by atoms with E-state index < -0.39 is 5.91 Å². The van der Waals surface area contributed by atoms with Gasteiger partial charge in [-0.2, -0.15) is 5.26 Å². The van der Waals surface area contributed by atoms with Crippen molar-refractivity contribution in [2.75, 3.05) is 10.6 Å². The smallest absolute Gasteiger partial charge is 0.267 e. The highest BCUT2D eigenvalue weighted by Gasteiger charge is 2.09. The van der Waals surface area contributed by atoms with Gasteiger partial charge in [0.25, 0.3) is 5.91 Å². The van der Waals surface area contributed by atoms with E-state index in [0.29, 0.717) is 16.6 Å². The molecule has 0 saturated heterocycles. The summed E-state index contributed by atoms with van der Waals surface area (Å²) in [6.07, 6.45) is 1.38. The van der Waals surface area contributed by atoms with Crippen LogP contribution in [0.15, 0.2) is 60.3 Å². The molecule has 0 radical (unpaired) electrons. The van der Waals surface area contributed by atoms with Crippen LogP contribution < -0.4 is 10.6 Å². The van der Waals surface area contributed by atoms with Crippen LogP contribution in [-0.2, 0) is 4.79 Å². The number of hydrogen-bond donors (Lipinski definition) is 2. The van der Waals surface area contributed by atoms with E-state index in [9.17, 15) is 10.1 Å². The molecule has 0 bridgehead atoms. The van der Waals surface area contributed by atoms with Crippen molar-refractivity contribution in [3.05, 3.63) is 70.9 Å². The second-order valence-electron chi connectivity index (χ2n) is 5.55. The molecule has 24 heavy (non-hydrogen) atoms. The fourth-order valence-corrected chi connectivity index (χ4v) is 2.13. The van der Waals surface area contributed by atoms with Crippen LogP contribution in [0.5, 0.6) is 0 Å². The van der Waals surface area contributed by atoms with E-state index in [1.807, 2.05) is 30.3 Å². The van der Waals surface area contributed by atoms with Crippen LogP contribution in [0, 0.1) is 11.3 Å². The number of rotatable bonds is 5. The SMILES string of the molecule is CC(C)c1ccc(NC(=O)/C(C#N)=C\Nc2ccc(Cl)cc2)cc1. The number of amides is 1. The number of nitrogens with zero attached hydrogens (tertiary/aromatic N) is 1. The van der Waals surface area contributed by atoms with E-state index in [4.69, 9.17) is 11.6 Å². The number of nitrogens with one attached hydrogen (secondary N) is 2. The molecule has 122 valence electrons. The van der Waals surface area contributed by atoms with Gasteiger partial charge in [-0.1, -0.05) is 37.6 Å². The lowest BCUT2D eigenvalue weighted by Gasteiger charge is -2.08. The van der Waals surface area contributed by atoms with Crippen molar-refractivity contribution in [2.24, 2.45) is 0 Å². The molecule has 2 aromatic rings. The van der Waals surface area contributed by atoms with Crippen molar-refractivity contribution in [1.29, 1.82) is 5.26 Å². The van der Waals surface area contributed by atoms with Crippen LogP contribution in [-0.4, -0.2) is 5.91 Å². The molecule has 0 spiro atoms. The standard InChI is InChI=1S/C19H18ClN3O/c1-13(2)14-3-7-18(8-4-14)23-19(24)15(11-21)12-22-17-9-5-16(20)6-10-17/h3-10,12-13,22H,1-2H3,(H,23,24)/b15-12-. The number of hydrogen-bond acceptors (Lipinski definition) is 3. The first kappa shape index (κ1) is 17.6. The summed E-state index contributed by atoms with van der Waals surface area (Å²) in [6.45, 7) is 4.21. The minimum absolute atomic E-state index is 0.0158. The van der Waals surface area contributed by atoms with Crippen molar-refractivity contribution >= 4 is 28.9 Å². The highest BCUT2D eigenvalue weighted by Crippen LogP contribution is 2.18. The van der Waals surface area contributed by atoms with Gasteiger partial charge < -0.3 is 10.6 Å². The van der Waals surface area contributed by atoms with Gasteiger partial charge in [0, 0.05) is 22.6 Å². The molecule has 0 aliphatic heterocycles. The first-order valence-corrected chi connectivity index (χ1v) is 7.91. The molecule has 0 aliphatic carbocycles. The summed E-state index contributed by atoms with van der Waals surface area (Å²) in [5, 5.41) is 15.4. The lowest BCUT2D eigenvalue weighted by Crippen LogP contribution is -2.14. The van der Waals surface area contributed by atoms with Crippen LogP contribution >= 0.6 is 11.6 Å². The minimum atomic E-state index is -0.462. The Labute approximate surface area is 146 Å². The zero-order valence-electron chi connectivity index (χ0n) is 13.5. The Hall–Kier alpha value is -2.77. The summed E-state index contributed by atoms with van der Waals surface area (Å²) in [4.78, 5) is 12.2. The first-order valence-electron chi connectivity index (χ1n) is 7.53. The monoisotopic (exact) mass is 339 g/mol. The fraction of sp³-hybridized carbons (Fsp3) is 0.158. The van der Waals surface area contributed by atoms with Crippen molar-refractivity contribution in [3.8, 4) is 6.07 Å². The van der Waals surface area contributed by atoms with E-state index in [1.54, 1.807) is 24.3 Å². The van der Waals surface area contributed by atoms with Gasteiger partial charge in [0.15, 0.2) is 0 Å². The summed E-state index contributed by atoms with van der Waals surface area (Å²) in [5.74, 6) is -0.0378. The molecule has 0 aromatic heterocycles. The fourth-order valence-electron chi connectivity index (χ4n) is 2.00. The Bertz CT molecular complexity index is 772. The third kappa shape index (κ3) is 4.87. The summed E-state index contributed by atoms with van der Waals surface area (Å²) in [5.41, 5.74) is 2.56. The van der Waals surface area contributed by atoms with Gasteiger partial charge in [-0.15, -0.1) is 0 Å². The highest BCUT2D eigenvalue weighted by atomic mass is 35.5. The lowest BCUT2D eigenvalue weighted by molar-refractivity contribution is -0.112. The van der Waals surface area contributed by atoms with Crippen molar-refractivity contribution in [2.45, 2.75) is 19.8 Å². The van der Waals surface area contributed by atoms with E-state index in [2.05, 4.69) is 24.5 Å². The molecule has 0 fully saturated rings. The number of carbonyl (C=O) groups is 1. The molecule has 4 nitrogen and oxygen atoms in total. The predicted molar refractivity (Wildman–Crippen MR) is 97.9 cm³/mol. The van der Waals surface area contributed by atoms with Crippen LogP contribution in [0.2, 0.25) is 5.02 Å². The number of carbonyl (C=O) groups excluding carboxylic acids is 1. The second kappa shape index (κ2) is 8.19. The van der Waals surface area contributed by atoms with Crippen molar-refractivity contribution in [1.82, 2.24) is 0 Å². The van der Waals surface area contributed by atoms with Crippen LogP contribution in [0.4, 0.5) is 11.4 Å². The Morgan fingerprint density at radius 2 is 1.67 bits per heavy atom. The summed E-state index contributed by atoms with van der Waals surface area (Å²) < 4.78 is 0. The van der Waals surface area contributed by atoms with Gasteiger partial charge in [-0.25, -0.2) is 0 Å². The Morgan fingerprint density at radius 1 is 1.08 bits per heavy atom. The molecule has 1 amide bonds. The molecule has 2 aromatic carbocycles. The second-order valence-corrected chi connectivity index (χ2v) is 5.99. The average molecular weight is 340 g/mol. The number of benzene rings is 2.